The third kappa shape index (κ3) is 2.77. The van der Waals surface area contributed by atoms with Gasteiger partial charge in [-0.25, -0.2) is 0 Å². The van der Waals surface area contributed by atoms with Crippen molar-refractivity contribution < 1.29 is 9.53 Å². The SMILES string of the molecule is C=CC[C@@H]1CCN[C@H]2C[C@H](C(=O)OC(C)(C)C)[C@@H]12. The summed E-state index contributed by atoms with van der Waals surface area (Å²) >= 11 is 0. The van der Waals surface area contributed by atoms with Crippen LogP contribution in [0.25, 0.3) is 0 Å². The second-order valence-electron chi connectivity index (χ2n) is 6.59. The van der Waals surface area contributed by atoms with E-state index in [2.05, 4.69) is 11.9 Å². The van der Waals surface area contributed by atoms with Crippen LogP contribution in [0.1, 0.15) is 40.0 Å². The van der Waals surface area contributed by atoms with Gasteiger partial charge in [-0.05, 0) is 58.4 Å². The number of carbonyl (C=O) groups excluding carboxylic acids is 1. The fourth-order valence-electron chi connectivity index (χ4n) is 3.32. The van der Waals surface area contributed by atoms with Gasteiger partial charge in [0.1, 0.15) is 5.60 Å². The van der Waals surface area contributed by atoms with Crippen molar-refractivity contribution in [2.45, 2.75) is 51.7 Å². The maximum Gasteiger partial charge on any atom is 0.309 e. The average molecular weight is 251 g/mol. The highest BCUT2D eigenvalue weighted by Crippen LogP contribution is 2.45. The summed E-state index contributed by atoms with van der Waals surface area (Å²) in [6.45, 7) is 10.7. The summed E-state index contributed by atoms with van der Waals surface area (Å²) in [7, 11) is 0. The highest BCUT2D eigenvalue weighted by atomic mass is 16.6. The van der Waals surface area contributed by atoms with E-state index in [0.717, 1.165) is 25.8 Å². The van der Waals surface area contributed by atoms with E-state index < -0.39 is 0 Å². The van der Waals surface area contributed by atoms with E-state index in [9.17, 15) is 4.79 Å². The number of piperidine rings is 1. The highest BCUT2D eigenvalue weighted by molar-refractivity contribution is 5.74. The van der Waals surface area contributed by atoms with E-state index in [4.69, 9.17) is 4.74 Å². The topological polar surface area (TPSA) is 38.3 Å². The normalized spacial score (nSPS) is 35.3. The van der Waals surface area contributed by atoms with E-state index in [1.807, 2.05) is 26.8 Å². The lowest BCUT2D eigenvalue weighted by Gasteiger charge is -2.51. The molecule has 0 amide bonds. The van der Waals surface area contributed by atoms with Crippen molar-refractivity contribution in [3.05, 3.63) is 12.7 Å². The smallest absolute Gasteiger partial charge is 0.309 e. The van der Waals surface area contributed by atoms with Crippen molar-refractivity contribution in [2.75, 3.05) is 6.54 Å². The van der Waals surface area contributed by atoms with Crippen LogP contribution in [0.3, 0.4) is 0 Å². The summed E-state index contributed by atoms with van der Waals surface area (Å²) in [5, 5.41) is 3.51. The summed E-state index contributed by atoms with van der Waals surface area (Å²) in [5.41, 5.74) is -0.377. The minimum atomic E-state index is -0.377. The molecule has 0 aromatic heterocycles. The first kappa shape index (κ1) is 13.6. The lowest BCUT2D eigenvalue weighted by Crippen LogP contribution is -2.60. The van der Waals surface area contributed by atoms with Gasteiger partial charge >= 0.3 is 5.97 Å². The molecule has 0 unspecified atom stereocenters. The van der Waals surface area contributed by atoms with Crippen LogP contribution in [-0.2, 0) is 9.53 Å². The number of rotatable bonds is 3. The lowest BCUT2D eigenvalue weighted by atomic mass is 9.60. The number of hydrogen-bond acceptors (Lipinski definition) is 3. The summed E-state index contributed by atoms with van der Waals surface area (Å²) < 4.78 is 5.52. The number of allylic oxidation sites excluding steroid dienone is 1. The van der Waals surface area contributed by atoms with E-state index >= 15 is 0 Å². The third-order valence-corrected chi connectivity index (χ3v) is 4.08. The van der Waals surface area contributed by atoms with E-state index in [1.165, 1.54) is 0 Å². The molecule has 3 nitrogen and oxygen atoms in total. The second-order valence-corrected chi connectivity index (χ2v) is 6.59. The number of esters is 1. The van der Waals surface area contributed by atoms with Crippen molar-refractivity contribution in [1.29, 1.82) is 0 Å². The summed E-state index contributed by atoms with van der Waals surface area (Å²) in [6.07, 6.45) is 5.08. The van der Waals surface area contributed by atoms with E-state index in [0.29, 0.717) is 17.9 Å². The van der Waals surface area contributed by atoms with Gasteiger partial charge in [-0.15, -0.1) is 6.58 Å². The first-order valence-electron chi connectivity index (χ1n) is 6.99. The van der Waals surface area contributed by atoms with Crippen LogP contribution in [0.15, 0.2) is 12.7 Å². The predicted octanol–water partition coefficient (Wildman–Crippen LogP) is 2.52. The van der Waals surface area contributed by atoms with Crippen molar-refractivity contribution in [3.8, 4) is 0 Å². The second kappa shape index (κ2) is 5.04. The molecule has 102 valence electrons. The minimum Gasteiger partial charge on any atom is -0.460 e. The fourth-order valence-corrected chi connectivity index (χ4v) is 3.32. The Balaban J connectivity index is 1.99. The molecule has 1 heterocycles. The molecule has 0 aromatic carbocycles. The Labute approximate surface area is 110 Å². The molecule has 1 saturated heterocycles. The van der Waals surface area contributed by atoms with Crippen LogP contribution in [0.5, 0.6) is 0 Å². The Kier molecular flexibility index (Phi) is 3.81. The van der Waals surface area contributed by atoms with Crippen molar-refractivity contribution in [1.82, 2.24) is 5.32 Å². The van der Waals surface area contributed by atoms with Crippen LogP contribution in [0.4, 0.5) is 0 Å². The van der Waals surface area contributed by atoms with E-state index in [1.54, 1.807) is 0 Å². The van der Waals surface area contributed by atoms with Gasteiger partial charge in [0.15, 0.2) is 0 Å². The first-order valence-corrected chi connectivity index (χ1v) is 6.99. The molecule has 0 bridgehead atoms. The maximum absolute atomic E-state index is 12.2. The monoisotopic (exact) mass is 251 g/mol. The first-order chi connectivity index (χ1) is 8.42. The summed E-state index contributed by atoms with van der Waals surface area (Å²) in [6, 6.07) is 0.515. The standard InChI is InChI=1S/C15H25NO2/c1-5-6-10-7-8-16-12-9-11(13(10)12)14(17)18-15(2,3)4/h5,10-13,16H,1,6-9H2,2-4H3/t10-,11+,12+,13-/m1/s1. The molecule has 18 heavy (non-hydrogen) atoms. The van der Waals surface area contributed by atoms with Crippen LogP contribution in [0.2, 0.25) is 0 Å². The molecule has 0 aromatic rings. The third-order valence-electron chi connectivity index (χ3n) is 4.08. The predicted molar refractivity (Wildman–Crippen MR) is 72.2 cm³/mol. The van der Waals surface area contributed by atoms with Gasteiger partial charge in [-0.3, -0.25) is 4.79 Å². The Morgan fingerprint density at radius 1 is 1.50 bits per heavy atom. The minimum absolute atomic E-state index is 0.0125. The Morgan fingerprint density at radius 3 is 2.83 bits per heavy atom. The van der Waals surface area contributed by atoms with Gasteiger partial charge in [-0.1, -0.05) is 6.08 Å². The lowest BCUT2D eigenvalue weighted by molar-refractivity contribution is -0.171. The van der Waals surface area contributed by atoms with Gasteiger partial charge < -0.3 is 10.1 Å². The Hall–Kier alpha value is -0.830. The van der Waals surface area contributed by atoms with Crippen molar-refractivity contribution >= 4 is 5.97 Å². The van der Waals surface area contributed by atoms with Gasteiger partial charge in [-0.2, -0.15) is 0 Å². The van der Waals surface area contributed by atoms with Crippen molar-refractivity contribution in [2.24, 2.45) is 17.8 Å². The van der Waals surface area contributed by atoms with Crippen LogP contribution < -0.4 is 5.32 Å². The summed E-state index contributed by atoms with van der Waals surface area (Å²) in [5.74, 6) is 1.13. The zero-order chi connectivity index (χ0) is 13.3. The molecule has 1 N–H and O–H groups in total. The molecule has 2 aliphatic rings. The van der Waals surface area contributed by atoms with Crippen molar-refractivity contribution in [3.63, 3.8) is 0 Å². The van der Waals surface area contributed by atoms with Crippen LogP contribution >= 0.6 is 0 Å². The van der Waals surface area contributed by atoms with Gasteiger partial charge in [0.2, 0.25) is 0 Å². The Bertz CT molecular complexity index is 332. The maximum atomic E-state index is 12.2. The molecular formula is C15H25NO2. The average Bonchev–Trinajstić information content (AvgIpc) is 2.18. The molecule has 0 radical (unpaired) electrons. The fraction of sp³-hybridized carbons (Fsp3) is 0.800. The molecule has 1 aliphatic heterocycles. The number of nitrogens with one attached hydrogen (secondary N) is 1. The molecule has 2 fully saturated rings. The van der Waals surface area contributed by atoms with E-state index in [-0.39, 0.29) is 17.5 Å². The van der Waals surface area contributed by atoms with Crippen LogP contribution in [0, 0.1) is 17.8 Å². The van der Waals surface area contributed by atoms with Gasteiger partial charge in [0.25, 0.3) is 0 Å². The molecule has 1 saturated carbocycles. The number of hydrogen-bond donors (Lipinski definition) is 1. The molecular weight excluding hydrogens is 226 g/mol. The zero-order valence-corrected chi connectivity index (χ0v) is 11.7. The van der Waals surface area contributed by atoms with Gasteiger partial charge in [0.05, 0.1) is 5.92 Å². The highest BCUT2D eigenvalue weighted by Gasteiger charge is 2.51. The Morgan fingerprint density at radius 2 is 2.22 bits per heavy atom. The molecule has 3 heteroatoms. The number of carbonyl (C=O) groups is 1. The largest absolute Gasteiger partial charge is 0.460 e. The van der Waals surface area contributed by atoms with Gasteiger partial charge in [0, 0.05) is 6.04 Å². The molecule has 1 aliphatic carbocycles. The zero-order valence-electron chi connectivity index (χ0n) is 11.7. The molecule has 2 rings (SSSR count). The quantitative estimate of drug-likeness (QED) is 0.619. The number of fused-ring (bicyclic) bond motifs is 1. The number of ether oxygens (including phenoxy) is 1. The molecule has 0 spiro atoms. The van der Waals surface area contributed by atoms with Crippen LogP contribution in [-0.4, -0.2) is 24.2 Å². The molecule has 4 atom stereocenters. The summed E-state index contributed by atoms with van der Waals surface area (Å²) in [4.78, 5) is 12.2.